The molecule has 1 atom stereocenters. The number of carbonyl (C=O) groups is 1. The molecule has 1 amide bonds. The quantitative estimate of drug-likeness (QED) is 0.878. The van der Waals surface area contributed by atoms with E-state index in [4.69, 9.17) is 21.6 Å². The van der Waals surface area contributed by atoms with Crippen LogP contribution in [0.3, 0.4) is 0 Å². The summed E-state index contributed by atoms with van der Waals surface area (Å²) in [5.74, 6) is 0.317. The Bertz CT molecular complexity index is 756. The van der Waals surface area contributed by atoms with Crippen molar-refractivity contribution in [2.45, 2.75) is 13.0 Å². The number of benzene rings is 2. The van der Waals surface area contributed by atoms with Gasteiger partial charge in [0, 0.05) is 5.69 Å². The number of hydrogen-bond donors (Lipinski definition) is 2. The third-order valence-electron chi connectivity index (χ3n) is 3.23. The van der Waals surface area contributed by atoms with Crippen molar-refractivity contribution in [1.29, 1.82) is 5.26 Å². The van der Waals surface area contributed by atoms with Crippen molar-refractivity contribution in [2.24, 2.45) is 0 Å². The highest BCUT2D eigenvalue weighted by molar-refractivity contribution is 6.32. The minimum Gasteiger partial charge on any atom is -0.495 e. The van der Waals surface area contributed by atoms with Gasteiger partial charge >= 0.3 is 0 Å². The summed E-state index contributed by atoms with van der Waals surface area (Å²) in [6, 6.07) is 13.6. The monoisotopic (exact) mass is 329 g/mol. The van der Waals surface area contributed by atoms with E-state index in [0.29, 0.717) is 27.7 Å². The Hall–Kier alpha value is -2.71. The van der Waals surface area contributed by atoms with Crippen molar-refractivity contribution in [1.82, 2.24) is 0 Å². The minimum atomic E-state index is -0.508. The molecule has 0 fully saturated rings. The van der Waals surface area contributed by atoms with Crippen LogP contribution in [0.15, 0.2) is 42.5 Å². The van der Waals surface area contributed by atoms with E-state index < -0.39 is 6.04 Å². The van der Waals surface area contributed by atoms with Crippen molar-refractivity contribution in [3.05, 3.63) is 53.1 Å². The molecule has 0 radical (unpaired) electrons. The van der Waals surface area contributed by atoms with Gasteiger partial charge in [-0.1, -0.05) is 23.7 Å². The number of hydrogen-bond acceptors (Lipinski definition) is 4. The molecule has 0 heterocycles. The molecular weight excluding hydrogens is 314 g/mol. The second-order valence-electron chi connectivity index (χ2n) is 4.86. The normalized spacial score (nSPS) is 11.2. The Labute approximate surface area is 139 Å². The van der Waals surface area contributed by atoms with Gasteiger partial charge in [0.15, 0.2) is 0 Å². The van der Waals surface area contributed by atoms with E-state index in [0.717, 1.165) is 0 Å². The molecule has 0 spiro atoms. The van der Waals surface area contributed by atoms with Crippen molar-refractivity contribution >= 4 is 28.9 Å². The Morgan fingerprint density at radius 1 is 1.30 bits per heavy atom. The lowest BCUT2D eigenvalue weighted by molar-refractivity contribution is -0.116. The van der Waals surface area contributed by atoms with Gasteiger partial charge in [-0.05, 0) is 37.3 Å². The zero-order valence-corrected chi connectivity index (χ0v) is 13.5. The lowest BCUT2D eigenvalue weighted by Gasteiger charge is -2.16. The fourth-order valence-corrected chi connectivity index (χ4v) is 2.26. The lowest BCUT2D eigenvalue weighted by atomic mass is 10.2. The molecule has 2 N–H and O–H groups in total. The van der Waals surface area contributed by atoms with E-state index in [1.807, 2.05) is 6.07 Å². The second kappa shape index (κ2) is 7.52. The lowest BCUT2D eigenvalue weighted by Crippen LogP contribution is -2.32. The van der Waals surface area contributed by atoms with E-state index in [1.165, 1.54) is 7.11 Å². The van der Waals surface area contributed by atoms with Crippen LogP contribution >= 0.6 is 11.6 Å². The number of amides is 1. The van der Waals surface area contributed by atoms with Crippen LogP contribution in [0.25, 0.3) is 0 Å². The first-order valence-corrected chi connectivity index (χ1v) is 7.33. The van der Waals surface area contributed by atoms with Crippen LogP contribution in [0.5, 0.6) is 5.75 Å². The maximum atomic E-state index is 12.3. The molecule has 1 unspecified atom stereocenters. The average Bonchev–Trinajstić information content (AvgIpc) is 2.55. The van der Waals surface area contributed by atoms with Gasteiger partial charge in [0.1, 0.15) is 17.9 Å². The molecule has 0 aliphatic carbocycles. The molecule has 0 bridgehead atoms. The number of nitriles is 1. The molecule has 6 heteroatoms. The fourth-order valence-electron chi connectivity index (χ4n) is 2.00. The highest BCUT2D eigenvalue weighted by Gasteiger charge is 2.15. The van der Waals surface area contributed by atoms with Crippen molar-refractivity contribution in [3.63, 3.8) is 0 Å². The molecule has 0 aromatic heterocycles. The second-order valence-corrected chi connectivity index (χ2v) is 5.27. The van der Waals surface area contributed by atoms with Crippen LogP contribution in [0, 0.1) is 11.3 Å². The third-order valence-corrected chi connectivity index (χ3v) is 3.53. The topological polar surface area (TPSA) is 74.2 Å². The number of rotatable bonds is 5. The van der Waals surface area contributed by atoms with Crippen LogP contribution in [0.1, 0.15) is 12.5 Å². The molecule has 2 rings (SSSR count). The average molecular weight is 330 g/mol. The van der Waals surface area contributed by atoms with E-state index in [1.54, 1.807) is 49.4 Å². The number of nitrogens with zero attached hydrogens (tertiary/aromatic N) is 1. The predicted molar refractivity (Wildman–Crippen MR) is 90.9 cm³/mol. The Morgan fingerprint density at radius 2 is 2.04 bits per heavy atom. The summed E-state index contributed by atoms with van der Waals surface area (Å²) in [7, 11) is 1.54. The third kappa shape index (κ3) is 4.15. The molecule has 0 aliphatic rings. The number of carbonyl (C=O) groups excluding carboxylic acids is 1. The van der Waals surface area contributed by atoms with Crippen LogP contribution in [-0.2, 0) is 4.79 Å². The molecule has 5 nitrogen and oxygen atoms in total. The van der Waals surface area contributed by atoms with Gasteiger partial charge in [-0.25, -0.2) is 0 Å². The fraction of sp³-hybridized carbons (Fsp3) is 0.176. The molecule has 2 aromatic rings. The number of halogens is 1. The predicted octanol–water partition coefficient (Wildman–Crippen LogP) is 3.66. The first-order valence-electron chi connectivity index (χ1n) is 6.95. The smallest absolute Gasteiger partial charge is 0.246 e. The van der Waals surface area contributed by atoms with Crippen LogP contribution < -0.4 is 15.4 Å². The highest BCUT2D eigenvalue weighted by atomic mass is 35.5. The van der Waals surface area contributed by atoms with Gasteiger partial charge in [-0.15, -0.1) is 0 Å². The summed E-state index contributed by atoms with van der Waals surface area (Å²) < 4.78 is 5.09. The zero-order chi connectivity index (χ0) is 16.8. The number of anilines is 2. The molecule has 23 heavy (non-hydrogen) atoms. The number of methoxy groups -OCH3 is 1. The molecular formula is C17H16ClN3O2. The summed E-state index contributed by atoms with van der Waals surface area (Å²) in [5.41, 5.74) is 1.61. The number of para-hydroxylation sites is 1. The first kappa shape index (κ1) is 16.7. The Balaban J connectivity index is 2.06. The zero-order valence-electron chi connectivity index (χ0n) is 12.8. The Kier molecular flexibility index (Phi) is 5.45. The van der Waals surface area contributed by atoms with E-state index >= 15 is 0 Å². The number of nitrogens with one attached hydrogen (secondary N) is 2. The SMILES string of the molecule is COc1ccc(NC(C)C(=O)Nc2ccccc2C#N)cc1Cl. The van der Waals surface area contributed by atoms with Gasteiger partial charge in [0.05, 0.1) is 23.4 Å². The maximum Gasteiger partial charge on any atom is 0.246 e. The molecule has 0 saturated carbocycles. The largest absolute Gasteiger partial charge is 0.495 e. The van der Waals surface area contributed by atoms with E-state index in [2.05, 4.69) is 10.6 Å². The van der Waals surface area contributed by atoms with Crippen molar-refractivity contribution < 1.29 is 9.53 Å². The summed E-state index contributed by atoms with van der Waals surface area (Å²) in [4.78, 5) is 12.3. The molecule has 118 valence electrons. The van der Waals surface area contributed by atoms with Crippen LogP contribution in [0.4, 0.5) is 11.4 Å². The molecule has 0 aliphatic heterocycles. The first-order chi connectivity index (χ1) is 11.0. The minimum absolute atomic E-state index is 0.250. The number of ether oxygens (including phenoxy) is 1. The van der Waals surface area contributed by atoms with Gasteiger partial charge in [0.2, 0.25) is 5.91 Å². The van der Waals surface area contributed by atoms with Crippen LogP contribution in [-0.4, -0.2) is 19.1 Å². The molecule has 0 saturated heterocycles. The van der Waals surface area contributed by atoms with Gasteiger partial charge in [-0.2, -0.15) is 5.26 Å². The van der Waals surface area contributed by atoms with Gasteiger partial charge in [-0.3, -0.25) is 4.79 Å². The summed E-state index contributed by atoms with van der Waals surface area (Å²) in [5, 5.41) is 15.3. The van der Waals surface area contributed by atoms with Gasteiger partial charge < -0.3 is 15.4 Å². The Morgan fingerprint density at radius 3 is 2.70 bits per heavy atom. The summed E-state index contributed by atoms with van der Waals surface area (Å²) >= 11 is 6.06. The van der Waals surface area contributed by atoms with Crippen molar-refractivity contribution in [2.75, 3.05) is 17.7 Å². The maximum absolute atomic E-state index is 12.3. The highest BCUT2D eigenvalue weighted by Crippen LogP contribution is 2.27. The van der Waals surface area contributed by atoms with Crippen molar-refractivity contribution in [3.8, 4) is 11.8 Å². The molecule has 2 aromatic carbocycles. The van der Waals surface area contributed by atoms with E-state index in [-0.39, 0.29) is 5.91 Å². The standard InChI is InChI=1S/C17H16ClN3O2/c1-11(20-13-7-8-16(23-2)14(18)9-13)17(22)21-15-6-4-3-5-12(15)10-19/h3-9,11,20H,1-2H3,(H,21,22). The van der Waals surface area contributed by atoms with Gasteiger partial charge in [0.25, 0.3) is 0 Å². The summed E-state index contributed by atoms with van der Waals surface area (Å²) in [6.45, 7) is 1.72. The van der Waals surface area contributed by atoms with E-state index in [9.17, 15) is 4.79 Å². The summed E-state index contributed by atoms with van der Waals surface area (Å²) in [6.07, 6.45) is 0. The van der Waals surface area contributed by atoms with Crippen LogP contribution in [0.2, 0.25) is 5.02 Å².